The van der Waals surface area contributed by atoms with E-state index in [0.717, 1.165) is 44.2 Å². The van der Waals surface area contributed by atoms with Crippen LogP contribution in [-0.2, 0) is 4.79 Å². The summed E-state index contributed by atoms with van der Waals surface area (Å²) in [5.41, 5.74) is 2.57. The number of nitrogens with zero attached hydrogens (tertiary/aromatic N) is 6. The summed E-state index contributed by atoms with van der Waals surface area (Å²) >= 11 is 1.47. The molecule has 2 aliphatic rings. The summed E-state index contributed by atoms with van der Waals surface area (Å²) < 4.78 is 1.87. The van der Waals surface area contributed by atoms with Gasteiger partial charge < -0.3 is 4.90 Å². The predicted molar refractivity (Wildman–Crippen MR) is 124 cm³/mol. The van der Waals surface area contributed by atoms with Crippen LogP contribution >= 0.6 is 11.8 Å². The van der Waals surface area contributed by atoms with Crippen molar-refractivity contribution in [1.29, 1.82) is 0 Å². The van der Waals surface area contributed by atoms with E-state index in [9.17, 15) is 4.79 Å². The second-order valence-electron chi connectivity index (χ2n) is 8.48. The molecule has 2 heterocycles. The van der Waals surface area contributed by atoms with E-state index in [0.29, 0.717) is 6.04 Å². The van der Waals surface area contributed by atoms with Crippen molar-refractivity contribution in [2.45, 2.75) is 42.3 Å². The fourth-order valence-electron chi connectivity index (χ4n) is 4.36. The third-order valence-electron chi connectivity index (χ3n) is 6.21. The van der Waals surface area contributed by atoms with Crippen molar-refractivity contribution in [3.63, 3.8) is 0 Å². The van der Waals surface area contributed by atoms with Gasteiger partial charge in [0.1, 0.15) is 0 Å². The number of tetrazole rings is 1. The van der Waals surface area contributed by atoms with E-state index in [1.54, 1.807) is 0 Å². The number of thioether (sulfide) groups is 1. The Morgan fingerprint density at radius 2 is 1.53 bits per heavy atom. The molecule has 0 bridgehead atoms. The first-order chi connectivity index (χ1) is 15.7. The molecule has 166 valence electrons. The van der Waals surface area contributed by atoms with Crippen LogP contribution in [0.25, 0.3) is 0 Å². The summed E-state index contributed by atoms with van der Waals surface area (Å²) in [4.78, 5) is 17.6. The van der Waals surface area contributed by atoms with Gasteiger partial charge in [0.25, 0.3) is 0 Å². The van der Waals surface area contributed by atoms with Crippen LogP contribution in [0.15, 0.2) is 65.8 Å². The van der Waals surface area contributed by atoms with Gasteiger partial charge in [-0.2, -0.15) is 0 Å². The number of aromatic nitrogens is 4. The van der Waals surface area contributed by atoms with Crippen LogP contribution in [0, 0.1) is 0 Å². The van der Waals surface area contributed by atoms with Gasteiger partial charge in [0.2, 0.25) is 11.1 Å². The molecule has 7 nitrogen and oxygen atoms in total. The first-order valence-electron chi connectivity index (χ1n) is 11.3. The molecule has 1 atom stereocenters. The molecule has 1 unspecified atom stereocenters. The highest BCUT2D eigenvalue weighted by Crippen LogP contribution is 2.37. The van der Waals surface area contributed by atoms with Gasteiger partial charge in [-0.1, -0.05) is 72.4 Å². The molecule has 1 aliphatic carbocycles. The van der Waals surface area contributed by atoms with Gasteiger partial charge >= 0.3 is 0 Å². The average Bonchev–Trinajstić information content (AvgIpc) is 3.59. The number of benzene rings is 2. The smallest absolute Gasteiger partial charge is 0.235 e. The molecule has 1 aliphatic heterocycles. The number of amides is 1. The lowest BCUT2D eigenvalue weighted by Gasteiger charge is -2.40. The van der Waals surface area contributed by atoms with Crippen LogP contribution in [-0.4, -0.2) is 67.3 Å². The van der Waals surface area contributed by atoms with Crippen molar-refractivity contribution in [3.8, 4) is 0 Å². The van der Waals surface area contributed by atoms with Gasteiger partial charge in [0.05, 0.1) is 17.3 Å². The highest BCUT2D eigenvalue weighted by molar-refractivity contribution is 8.00. The van der Waals surface area contributed by atoms with Crippen LogP contribution in [0.4, 0.5) is 0 Å². The summed E-state index contributed by atoms with van der Waals surface area (Å²) in [6.07, 6.45) is 2.24. The number of hydrogen-bond donors (Lipinski definition) is 0. The van der Waals surface area contributed by atoms with E-state index >= 15 is 0 Å². The molecular formula is C24H28N6OS. The standard InChI is InChI=1S/C24H28N6OS/c1-18(32-24-25-26-27-30(24)21-12-13-21)23(31)29-16-14-28(15-17-29)22(19-8-4-2-5-9-19)20-10-6-3-7-11-20/h2-11,18,21-22H,12-17H2,1H3. The van der Waals surface area contributed by atoms with Crippen molar-refractivity contribution < 1.29 is 4.79 Å². The summed E-state index contributed by atoms with van der Waals surface area (Å²) in [7, 11) is 0. The van der Waals surface area contributed by atoms with Gasteiger partial charge in [0.15, 0.2) is 0 Å². The molecule has 2 fully saturated rings. The Balaban J connectivity index is 1.24. The Labute approximate surface area is 192 Å². The minimum absolute atomic E-state index is 0.163. The molecule has 0 spiro atoms. The molecule has 5 rings (SSSR count). The van der Waals surface area contributed by atoms with E-state index in [1.807, 2.05) is 16.5 Å². The van der Waals surface area contributed by atoms with E-state index < -0.39 is 0 Å². The molecule has 1 aromatic heterocycles. The summed E-state index contributed by atoms with van der Waals surface area (Å²) in [5, 5.41) is 12.6. The lowest BCUT2D eigenvalue weighted by molar-refractivity contribution is -0.132. The maximum Gasteiger partial charge on any atom is 0.235 e. The molecule has 1 saturated carbocycles. The van der Waals surface area contributed by atoms with Crippen molar-refractivity contribution in [2.75, 3.05) is 26.2 Å². The zero-order valence-corrected chi connectivity index (χ0v) is 19.1. The Hall–Kier alpha value is -2.71. The fourth-order valence-corrected chi connectivity index (χ4v) is 5.31. The number of carbonyl (C=O) groups is 1. The number of carbonyl (C=O) groups excluding carboxylic acids is 1. The van der Waals surface area contributed by atoms with E-state index in [1.165, 1.54) is 22.9 Å². The van der Waals surface area contributed by atoms with Gasteiger partial charge in [-0.15, -0.1) is 5.10 Å². The predicted octanol–water partition coefficient (Wildman–Crippen LogP) is 3.42. The molecule has 32 heavy (non-hydrogen) atoms. The van der Waals surface area contributed by atoms with Crippen molar-refractivity contribution >= 4 is 17.7 Å². The zero-order valence-electron chi connectivity index (χ0n) is 18.2. The van der Waals surface area contributed by atoms with Crippen molar-refractivity contribution in [1.82, 2.24) is 30.0 Å². The quantitative estimate of drug-likeness (QED) is 0.516. The minimum Gasteiger partial charge on any atom is -0.339 e. The second-order valence-corrected chi connectivity index (χ2v) is 9.79. The largest absolute Gasteiger partial charge is 0.339 e. The number of hydrogen-bond acceptors (Lipinski definition) is 6. The first-order valence-corrected chi connectivity index (χ1v) is 12.2. The average molecular weight is 449 g/mol. The van der Waals surface area contributed by atoms with Crippen molar-refractivity contribution in [3.05, 3.63) is 71.8 Å². The molecule has 0 N–H and O–H groups in total. The Morgan fingerprint density at radius 3 is 2.09 bits per heavy atom. The van der Waals surface area contributed by atoms with Crippen LogP contribution in [0.3, 0.4) is 0 Å². The number of rotatable bonds is 7. The third kappa shape index (κ3) is 4.56. The van der Waals surface area contributed by atoms with E-state index in [2.05, 4.69) is 81.1 Å². The molecule has 1 saturated heterocycles. The minimum atomic E-state index is -0.205. The van der Waals surface area contributed by atoms with Crippen molar-refractivity contribution in [2.24, 2.45) is 0 Å². The van der Waals surface area contributed by atoms with E-state index in [4.69, 9.17) is 0 Å². The Morgan fingerprint density at radius 1 is 0.938 bits per heavy atom. The molecule has 1 amide bonds. The van der Waals surface area contributed by atoms with Crippen LogP contribution in [0.5, 0.6) is 0 Å². The summed E-state index contributed by atoms with van der Waals surface area (Å²) in [5.74, 6) is 0.163. The molecular weight excluding hydrogens is 420 g/mol. The van der Waals surface area contributed by atoms with E-state index in [-0.39, 0.29) is 17.2 Å². The highest BCUT2D eigenvalue weighted by Gasteiger charge is 2.32. The van der Waals surface area contributed by atoms with Gasteiger partial charge in [-0.05, 0) is 41.3 Å². The fraction of sp³-hybridized carbons (Fsp3) is 0.417. The summed E-state index contributed by atoms with van der Waals surface area (Å²) in [6.45, 7) is 5.11. The van der Waals surface area contributed by atoms with Gasteiger partial charge in [0, 0.05) is 26.2 Å². The second kappa shape index (κ2) is 9.42. The monoisotopic (exact) mass is 448 g/mol. The third-order valence-corrected chi connectivity index (χ3v) is 7.24. The Kier molecular flexibility index (Phi) is 6.23. The van der Waals surface area contributed by atoms with Crippen LogP contribution in [0.2, 0.25) is 0 Å². The first kappa shape index (κ1) is 21.2. The van der Waals surface area contributed by atoms with Gasteiger partial charge in [-0.3, -0.25) is 9.69 Å². The lowest BCUT2D eigenvalue weighted by Crippen LogP contribution is -2.51. The van der Waals surface area contributed by atoms with Gasteiger partial charge in [-0.25, -0.2) is 4.68 Å². The maximum atomic E-state index is 13.1. The SMILES string of the molecule is CC(Sc1nnnn1C1CC1)C(=O)N1CCN(C(c2ccccc2)c2ccccc2)CC1. The maximum absolute atomic E-state index is 13.1. The summed E-state index contributed by atoms with van der Waals surface area (Å²) in [6, 6.07) is 21.9. The van der Waals surface area contributed by atoms with Crippen LogP contribution < -0.4 is 0 Å². The van der Waals surface area contributed by atoms with Crippen LogP contribution in [0.1, 0.15) is 43.0 Å². The Bertz CT molecular complexity index is 991. The molecule has 2 aromatic carbocycles. The normalized spacial score (nSPS) is 18.1. The number of piperazine rings is 1. The molecule has 0 radical (unpaired) electrons. The highest BCUT2D eigenvalue weighted by atomic mass is 32.2. The molecule has 8 heteroatoms. The lowest BCUT2D eigenvalue weighted by atomic mass is 9.96. The topological polar surface area (TPSA) is 67.2 Å². The zero-order chi connectivity index (χ0) is 21.9. The molecule has 3 aromatic rings.